The van der Waals surface area contributed by atoms with Crippen molar-refractivity contribution in [2.75, 3.05) is 56.2 Å². The van der Waals surface area contributed by atoms with Crippen LogP contribution in [0.2, 0.25) is 0 Å². The van der Waals surface area contributed by atoms with E-state index < -0.39 is 0 Å². The number of anilines is 2. The van der Waals surface area contributed by atoms with Gasteiger partial charge in [-0.1, -0.05) is 12.1 Å². The number of hydrogen-bond donors (Lipinski definition) is 0. The van der Waals surface area contributed by atoms with Crippen LogP contribution in [0.1, 0.15) is 23.2 Å². The summed E-state index contributed by atoms with van der Waals surface area (Å²) in [5.41, 5.74) is 0.617. The lowest BCUT2D eigenvalue weighted by atomic mass is 10.1. The van der Waals surface area contributed by atoms with E-state index >= 15 is 0 Å². The number of rotatable bonds is 4. The molecule has 142 valence electrons. The smallest absolute Gasteiger partial charge is 0.257 e. The Morgan fingerprint density at radius 1 is 0.926 bits per heavy atom. The monoisotopic (exact) mass is 367 g/mol. The Kier molecular flexibility index (Phi) is 5.09. The van der Waals surface area contributed by atoms with Crippen molar-refractivity contribution in [2.24, 2.45) is 0 Å². The van der Waals surface area contributed by atoms with Crippen LogP contribution < -0.4 is 14.5 Å². The molecule has 0 atom stereocenters. The van der Waals surface area contributed by atoms with E-state index in [1.807, 2.05) is 29.2 Å². The molecule has 7 nitrogen and oxygen atoms in total. The molecule has 0 unspecified atom stereocenters. The van der Waals surface area contributed by atoms with Crippen LogP contribution in [0, 0.1) is 0 Å². The topological polar surface area (TPSA) is 61.8 Å². The van der Waals surface area contributed by atoms with Crippen molar-refractivity contribution in [1.29, 1.82) is 0 Å². The third-order valence-electron chi connectivity index (χ3n) is 5.30. The molecule has 0 saturated carbocycles. The number of aromatic nitrogens is 2. The first kappa shape index (κ1) is 17.6. The second-order valence-electron chi connectivity index (χ2n) is 6.91. The molecule has 2 aromatic rings. The summed E-state index contributed by atoms with van der Waals surface area (Å²) in [6, 6.07) is 9.46. The molecule has 27 heavy (non-hydrogen) atoms. The zero-order chi connectivity index (χ0) is 18.6. The number of nitrogens with zero attached hydrogens (tertiary/aromatic N) is 5. The summed E-state index contributed by atoms with van der Waals surface area (Å²) in [6.07, 6.45) is 4.10. The highest BCUT2D eigenvalue weighted by molar-refractivity contribution is 5.97. The van der Waals surface area contributed by atoms with Gasteiger partial charge in [0.1, 0.15) is 23.7 Å². The minimum Gasteiger partial charge on any atom is -0.496 e. The number of ether oxygens (including phenoxy) is 1. The summed E-state index contributed by atoms with van der Waals surface area (Å²) < 4.78 is 5.33. The Balaban J connectivity index is 1.42. The van der Waals surface area contributed by atoms with Gasteiger partial charge in [-0.25, -0.2) is 9.97 Å². The number of methoxy groups -OCH3 is 1. The van der Waals surface area contributed by atoms with Crippen molar-refractivity contribution >= 4 is 17.5 Å². The number of hydrogen-bond acceptors (Lipinski definition) is 6. The number of para-hydroxylation sites is 1. The predicted molar refractivity (Wildman–Crippen MR) is 105 cm³/mol. The van der Waals surface area contributed by atoms with Gasteiger partial charge in [-0.15, -0.1) is 0 Å². The van der Waals surface area contributed by atoms with Gasteiger partial charge in [0.05, 0.1) is 12.7 Å². The number of amides is 1. The third kappa shape index (κ3) is 3.67. The Bertz CT molecular complexity index is 798. The van der Waals surface area contributed by atoms with E-state index in [2.05, 4.69) is 25.8 Å². The molecule has 2 aliphatic rings. The maximum absolute atomic E-state index is 12.8. The van der Waals surface area contributed by atoms with Crippen LogP contribution in [-0.2, 0) is 0 Å². The fourth-order valence-electron chi connectivity index (χ4n) is 3.76. The van der Waals surface area contributed by atoms with E-state index in [-0.39, 0.29) is 5.91 Å². The molecule has 4 rings (SSSR count). The van der Waals surface area contributed by atoms with Crippen LogP contribution in [-0.4, -0.2) is 67.2 Å². The Morgan fingerprint density at radius 2 is 1.56 bits per heavy atom. The van der Waals surface area contributed by atoms with Crippen LogP contribution in [0.25, 0.3) is 0 Å². The van der Waals surface area contributed by atoms with Gasteiger partial charge in [-0.2, -0.15) is 0 Å². The first-order valence-corrected chi connectivity index (χ1v) is 9.50. The highest BCUT2D eigenvalue weighted by atomic mass is 16.5. The molecular formula is C20H25N5O2. The SMILES string of the molecule is COc1ccccc1C(=O)N1CCN(c2cc(N3CCCC3)ncn2)CC1. The summed E-state index contributed by atoms with van der Waals surface area (Å²) in [5.74, 6) is 2.59. The largest absolute Gasteiger partial charge is 0.496 e. The predicted octanol–water partition coefficient (Wildman–Crippen LogP) is 2.05. The number of carbonyl (C=O) groups excluding carboxylic acids is 1. The average molecular weight is 367 g/mol. The second kappa shape index (κ2) is 7.82. The van der Waals surface area contributed by atoms with Crippen LogP contribution >= 0.6 is 0 Å². The standard InChI is InChI=1S/C20H25N5O2/c1-27-17-7-3-2-6-16(17)20(26)25-12-10-24(11-13-25)19-14-18(21-15-22-19)23-8-4-5-9-23/h2-3,6-7,14-15H,4-5,8-13H2,1H3. The molecule has 1 aromatic carbocycles. The van der Waals surface area contributed by atoms with Crippen LogP contribution in [0.15, 0.2) is 36.7 Å². The quantitative estimate of drug-likeness (QED) is 0.824. The van der Waals surface area contributed by atoms with Gasteiger partial charge in [0.2, 0.25) is 0 Å². The lowest BCUT2D eigenvalue weighted by molar-refractivity contribution is 0.0743. The number of carbonyl (C=O) groups is 1. The molecule has 2 aliphatic heterocycles. The summed E-state index contributed by atoms with van der Waals surface area (Å²) in [5, 5.41) is 0. The minimum absolute atomic E-state index is 0.0209. The van der Waals surface area contributed by atoms with Crippen LogP contribution in [0.4, 0.5) is 11.6 Å². The molecule has 0 N–H and O–H groups in total. The van der Waals surface area contributed by atoms with E-state index in [1.165, 1.54) is 12.8 Å². The summed E-state index contributed by atoms with van der Waals surface area (Å²) >= 11 is 0. The zero-order valence-corrected chi connectivity index (χ0v) is 15.7. The van der Waals surface area contributed by atoms with E-state index in [0.717, 1.165) is 37.8 Å². The molecule has 0 bridgehead atoms. The van der Waals surface area contributed by atoms with E-state index in [9.17, 15) is 4.79 Å². The maximum atomic E-state index is 12.8. The molecule has 0 aliphatic carbocycles. The molecule has 1 amide bonds. The molecule has 1 aromatic heterocycles. The normalized spacial score (nSPS) is 17.3. The van der Waals surface area contributed by atoms with Crippen molar-refractivity contribution in [3.8, 4) is 5.75 Å². The summed E-state index contributed by atoms with van der Waals surface area (Å²) in [4.78, 5) is 28.2. The van der Waals surface area contributed by atoms with Crippen LogP contribution in [0.5, 0.6) is 5.75 Å². The lowest BCUT2D eigenvalue weighted by Gasteiger charge is -2.35. The highest BCUT2D eigenvalue weighted by Crippen LogP contribution is 2.24. The van der Waals surface area contributed by atoms with Crippen molar-refractivity contribution in [3.05, 3.63) is 42.2 Å². The van der Waals surface area contributed by atoms with Gasteiger partial charge < -0.3 is 19.4 Å². The van der Waals surface area contributed by atoms with Gasteiger partial charge >= 0.3 is 0 Å². The minimum atomic E-state index is 0.0209. The second-order valence-corrected chi connectivity index (χ2v) is 6.91. The Hall–Kier alpha value is -2.83. The van der Waals surface area contributed by atoms with Crippen molar-refractivity contribution in [2.45, 2.75) is 12.8 Å². The molecule has 0 spiro atoms. The van der Waals surface area contributed by atoms with Crippen molar-refractivity contribution in [3.63, 3.8) is 0 Å². The lowest BCUT2D eigenvalue weighted by Crippen LogP contribution is -2.49. The van der Waals surface area contributed by atoms with E-state index in [0.29, 0.717) is 24.4 Å². The van der Waals surface area contributed by atoms with Gasteiger partial charge in [0.15, 0.2) is 0 Å². The van der Waals surface area contributed by atoms with Gasteiger partial charge in [0, 0.05) is 45.3 Å². The van der Waals surface area contributed by atoms with Crippen molar-refractivity contribution in [1.82, 2.24) is 14.9 Å². The molecular weight excluding hydrogens is 342 g/mol. The zero-order valence-electron chi connectivity index (χ0n) is 15.7. The fourth-order valence-corrected chi connectivity index (χ4v) is 3.76. The van der Waals surface area contributed by atoms with Gasteiger partial charge in [-0.3, -0.25) is 4.79 Å². The molecule has 2 fully saturated rings. The Morgan fingerprint density at radius 3 is 2.22 bits per heavy atom. The average Bonchev–Trinajstić information content (AvgIpc) is 3.28. The van der Waals surface area contributed by atoms with Gasteiger partial charge in [0.25, 0.3) is 5.91 Å². The third-order valence-corrected chi connectivity index (χ3v) is 5.30. The first-order chi connectivity index (χ1) is 13.3. The number of piperazine rings is 1. The number of benzene rings is 1. The molecule has 7 heteroatoms. The van der Waals surface area contributed by atoms with Crippen molar-refractivity contribution < 1.29 is 9.53 Å². The van der Waals surface area contributed by atoms with Crippen LogP contribution in [0.3, 0.4) is 0 Å². The fraction of sp³-hybridized carbons (Fsp3) is 0.450. The first-order valence-electron chi connectivity index (χ1n) is 9.50. The highest BCUT2D eigenvalue weighted by Gasteiger charge is 2.25. The molecule has 3 heterocycles. The summed E-state index contributed by atoms with van der Waals surface area (Å²) in [6.45, 7) is 4.99. The molecule has 2 saturated heterocycles. The van der Waals surface area contributed by atoms with Gasteiger partial charge in [-0.05, 0) is 25.0 Å². The molecule has 0 radical (unpaired) electrons. The van der Waals surface area contributed by atoms with E-state index in [1.54, 1.807) is 13.4 Å². The Labute approximate surface area is 159 Å². The summed E-state index contributed by atoms with van der Waals surface area (Å²) in [7, 11) is 1.59. The maximum Gasteiger partial charge on any atom is 0.257 e. The van der Waals surface area contributed by atoms with E-state index in [4.69, 9.17) is 4.74 Å².